The van der Waals surface area contributed by atoms with E-state index in [1.807, 2.05) is 42.5 Å². The van der Waals surface area contributed by atoms with Crippen LogP contribution in [0.4, 0.5) is 0 Å². The summed E-state index contributed by atoms with van der Waals surface area (Å²) >= 11 is 12.4. The summed E-state index contributed by atoms with van der Waals surface area (Å²) in [6.07, 6.45) is 0. The molecule has 24 heavy (non-hydrogen) atoms. The molecule has 0 amide bonds. The summed E-state index contributed by atoms with van der Waals surface area (Å²) in [7, 11) is 1.64. The molecule has 2 aromatic carbocycles. The van der Waals surface area contributed by atoms with Crippen molar-refractivity contribution < 1.29 is 4.74 Å². The summed E-state index contributed by atoms with van der Waals surface area (Å²) in [5, 5.41) is 7.13. The van der Waals surface area contributed by atoms with Crippen LogP contribution in [0, 0.1) is 4.77 Å². The van der Waals surface area contributed by atoms with Crippen LogP contribution in [0.1, 0.15) is 5.56 Å². The first-order valence-corrected chi connectivity index (χ1v) is 9.08. The molecule has 0 fully saturated rings. The Morgan fingerprint density at radius 2 is 1.88 bits per heavy atom. The van der Waals surface area contributed by atoms with Gasteiger partial charge in [0.15, 0.2) is 5.82 Å². The van der Waals surface area contributed by atoms with E-state index in [1.165, 1.54) is 0 Å². The molecule has 0 radical (unpaired) electrons. The summed E-state index contributed by atoms with van der Waals surface area (Å²) in [6.45, 7) is 0.578. The smallest absolute Gasteiger partial charge is 0.214 e. The van der Waals surface area contributed by atoms with E-state index in [0.29, 0.717) is 11.3 Å². The SMILES string of the molecule is COc1c(Br)cc(CNn2c(-c3ccccc3)n[nH]c2=S)cc1Br. The second-order valence-corrected chi connectivity index (χ2v) is 7.08. The Bertz CT molecular complexity index is 885. The van der Waals surface area contributed by atoms with Gasteiger partial charge in [-0.1, -0.05) is 30.3 Å². The van der Waals surface area contributed by atoms with Gasteiger partial charge >= 0.3 is 0 Å². The molecule has 5 nitrogen and oxygen atoms in total. The molecule has 0 spiro atoms. The van der Waals surface area contributed by atoms with Gasteiger partial charge in [0.25, 0.3) is 0 Å². The van der Waals surface area contributed by atoms with Crippen LogP contribution >= 0.6 is 44.1 Å². The van der Waals surface area contributed by atoms with Crippen LogP contribution in [0.25, 0.3) is 11.4 Å². The number of nitrogens with zero attached hydrogens (tertiary/aromatic N) is 2. The normalized spacial score (nSPS) is 10.6. The first kappa shape index (κ1) is 17.2. The number of ether oxygens (including phenoxy) is 1. The summed E-state index contributed by atoms with van der Waals surface area (Å²) in [6, 6.07) is 13.9. The predicted molar refractivity (Wildman–Crippen MR) is 104 cm³/mol. The van der Waals surface area contributed by atoms with Crippen molar-refractivity contribution in [1.29, 1.82) is 0 Å². The monoisotopic (exact) mass is 468 g/mol. The number of benzene rings is 2. The van der Waals surface area contributed by atoms with Gasteiger partial charge < -0.3 is 10.2 Å². The molecule has 0 aliphatic heterocycles. The van der Waals surface area contributed by atoms with Crippen molar-refractivity contribution in [3.63, 3.8) is 0 Å². The lowest BCUT2D eigenvalue weighted by atomic mass is 10.2. The standard InChI is InChI=1S/C16H14Br2N4OS/c1-23-14-12(17)7-10(8-13(14)18)9-19-22-15(20-21-16(22)24)11-5-3-2-4-6-11/h2-8,19H,9H2,1H3,(H,21,24). The molecule has 2 N–H and O–H groups in total. The minimum atomic E-state index is 0.514. The van der Waals surface area contributed by atoms with Crippen LogP contribution in [0.15, 0.2) is 51.4 Å². The van der Waals surface area contributed by atoms with Gasteiger partial charge in [-0.3, -0.25) is 0 Å². The Hall–Kier alpha value is -1.64. The highest BCUT2D eigenvalue weighted by Gasteiger charge is 2.10. The summed E-state index contributed by atoms with van der Waals surface area (Å²) in [4.78, 5) is 0. The molecule has 0 aliphatic carbocycles. The molecule has 0 saturated heterocycles. The van der Waals surface area contributed by atoms with Gasteiger partial charge in [-0.15, -0.1) is 0 Å². The molecule has 1 aromatic heterocycles. The Morgan fingerprint density at radius 1 is 1.21 bits per heavy atom. The zero-order chi connectivity index (χ0) is 17.1. The first-order valence-electron chi connectivity index (χ1n) is 7.08. The molecule has 1 heterocycles. The molecule has 0 atom stereocenters. The molecule has 124 valence electrons. The molecular formula is C16H14Br2N4OS. The minimum Gasteiger partial charge on any atom is -0.494 e. The van der Waals surface area contributed by atoms with E-state index in [1.54, 1.807) is 11.8 Å². The van der Waals surface area contributed by atoms with Gasteiger partial charge in [0.2, 0.25) is 4.77 Å². The topological polar surface area (TPSA) is 54.9 Å². The number of halogens is 2. The molecule has 0 bridgehead atoms. The minimum absolute atomic E-state index is 0.514. The van der Waals surface area contributed by atoms with E-state index < -0.39 is 0 Å². The average Bonchev–Trinajstić information content (AvgIpc) is 2.94. The third kappa shape index (κ3) is 3.55. The van der Waals surface area contributed by atoms with E-state index >= 15 is 0 Å². The Kier molecular flexibility index (Phi) is 5.37. The van der Waals surface area contributed by atoms with Gasteiger partial charge in [-0.05, 0) is 61.8 Å². The summed E-state index contributed by atoms with van der Waals surface area (Å²) in [5.41, 5.74) is 5.35. The number of methoxy groups -OCH3 is 1. The zero-order valence-corrected chi connectivity index (χ0v) is 16.7. The number of aromatic amines is 1. The van der Waals surface area contributed by atoms with Gasteiger partial charge in [0, 0.05) is 5.56 Å². The van der Waals surface area contributed by atoms with Crippen molar-refractivity contribution in [2.24, 2.45) is 0 Å². The first-order chi connectivity index (χ1) is 11.6. The van der Waals surface area contributed by atoms with Crippen molar-refractivity contribution in [2.45, 2.75) is 6.54 Å². The van der Waals surface area contributed by atoms with Gasteiger partial charge in [0.1, 0.15) is 5.75 Å². The summed E-state index contributed by atoms with van der Waals surface area (Å²) < 4.78 is 9.38. The van der Waals surface area contributed by atoms with E-state index in [4.69, 9.17) is 17.0 Å². The molecule has 8 heteroatoms. The quantitative estimate of drug-likeness (QED) is 0.522. The fourth-order valence-corrected chi connectivity index (χ4v) is 4.11. The number of hydrogen-bond acceptors (Lipinski definition) is 4. The van der Waals surface area contributed by atoms with Crippen molar-refractivity contribution >= 4 is 44.1 Å². The lowest BCUT2D eigenvalue weighted by Crippen LogP contribution is -2.16. The average molecular weight is 470 g/mol. The molecule has 0 unspecified atom stereocenters. The van der Waals surface area contributed by atoms with E-state index in [9.17, 15) is 0 Å². The number of rotatable bonds is 5. The molecule has 0 saturated carbocycles. The predicted octanol–water partition coefficient (Wildman–Crippen LogP) is 4.88. The summed E-state index contributed by atoms with van der Waals surface area (Å²) in [5.74, 6) is 1.51. The van der Waals surface area contributed by atoms with E-state index in [-0.39, 0.29) is 0 Å². The zero-order valence-electron chi connectivity index (χ0n) is 12.7. The maximum Gasteiger partial charge on any atom is 0.214 e. The molecule has 3 aromatic rings. The third-order valence-corrected chi connectivity index (χ3v) is 4.86. The third-order valence-electron chi connectivity index (χ3n) is 3.41. The van der Waals surface area contributed by atoms with Gasteiger partial charge in [0.05, 0.1) is 22.6 Å². The fourth-order valence-electron chi connectivity index (χ4n) is 2.30. The maximum atomic E-state index is 5.33. The van der Waals surface area contributed by atoms with Gasteiger partial charge in [-0.2, -0.15) is 5.10 Å². The van der Waals surface area contributed by atoms with Crippen molar-refractivity contribution in [1.82, 2.24) is 14.9 Å². The fraction of sp³-hybridized carbons (Fsp3) is 0.125. The number of hydrogen-bond donors (Lipinski definition) is 2. The Morgan fingerprint density at radius 3 is 2.50 bits per heavy atom. The highest BCUT2D eigenvalue weighted by molar-refractivity contribution is 9.11. The second kappa shape index (κ2) is 7.50. The second-order valence-electron chi connectivity index (χ2n) is 4.98. The highest BCUT2D eigenvalue weighted by atomic mass is 79.9. The van der Waals surface area contributed by atoms with Crippen LogP contribution in [0.2, 0.25) is 0 Å². The Balaban J connectivity index is 1.86. The maximum absolute atomic E-state index is 5.33. The van der Waals surface area contributed by atoms with Crippen LogP contribution in [0.5, 0.6) is 5.75 Å². The number of nitrogens with one attached hydrogen (secondary N) is 2. The van der Waals surface area contributed by atoms with Crippen LogP contribution < -0.4 is 10.2 Å². The highest BCUT2D eigenvalue weighted by Crippen LogP contribution is 2.34. The van der Waals surface area contributed by atoms with Crippen LogP contribution in [-0.4, -0.2) is 22.0 Å². The molecule has 3 rings (SSSR count). The number of H-pyrrole nitrogens is 1. The lowest BCUT2D eigenvalue weighted by Gasteiger charge is -2.12. The van der Waals surface area contributed by atoms with Crippen molar-refractivity contribution in [3.05, 3.63) is 61.7 Å². The number of aromatic nitrogens is 3. The van der Waals surface area contributed by atoms with Gasteiger partial charge in [-0.25, -0.2) is 9.77 Å². The van der Waals surface area contributed by atoms with Crippen molar-refractivity contribution in [3.8, 4) is 17.1 Å². The largest absolute Gasteiger partial charge is 0.494 e. The van der Waals surface area contributed by atoms with Crippen molar-refractivity contribution in [2.75, 3.05) is 12.5 Å². The van der Waals surface area contributed by atoms with Crippen LogP contribution in [0.3, 0.4) is 0 Å². The van der Waals surface area contributed by atoms with Crippen LogP contribution in [-0.2, 0) is 6.54 Å². The van der Waals surface area contributed by atoms with E-state index in [0.717, 1.165) is 31.6 Å². The lowest BCUT2D eigenvalue weighted by molar-refractivity contribution is 0.409. The Labute approximate surface area is 161 Å². The molecule has 0 aliphatic rings. The molecular weight excluding hydrogens is 456 g/mol. The van der Waals surface area contributed by atoms with E-state index in [2.05, 4.69) is 47.5 Å².